The third-order valence-corrected chi connectivity index (χ3v) is 1.78. The van der Waals surface area contributed by atoms with Crippen molar-refractivity contribution in [2.75, 3.05) is 18.4 Å². The molecular weight excluding hydrogens is 228 g/mol. The Labute approximate surface area is 98.6 Å². The highest BCUT2D eigenvalue weighted by Crippen LogP contribution is 2.09. The number of nitrogens with zero attached hydrogens (tertiary/aromatic N) is 2. The molecule has 5 nitrogen and oxygen atoms in total. The number of rotatable bonds is 4. The third kappa shape index (κ3) is 4.26. The van der Waals surface area contributed by atoms with Gasteiger partial charge in [0.15, 0.2) is 0 Å². The van der Waals surface area contributed by atoms with E-state index >= 15 is 0 Å². The lowest BCUT2D eigenvalue weighted by atomic mass is 10.4. The van der Waals surface area contributed by atoms with Crippen LogP contribution >= 0.6 is 11.6 Å². The van der Waals surface area contributed by atoms with E-state index < -0.39 is 0 Å². The van der Waals surface area contributed by atoms with Gasteiger partial charge in [-0.15, -0.1) is 6.42 Å². The van der Waals surface area contributed by atoms with Gasteiger partial charge < -0.3 is 0 Å². The summed E-state index contributed by atoms with van der Waals surface area (Å²) in [6.45, 7) is 2.21. The maximum absolute atomic E-state index is 11.3. The molecule has 0 atom stereocenters. The van der Waals surface area contributed by atoms with Crippen molar-refractivity contribution in [2.45, 2.75) is 6.92 Å². The van der Waals surface area contributed by atoms with Crippen LogP contribution in [0.1, 0.15) is 5.69 Å². The van der Waals surface area contributed by atoms with Crippen molar-refractivity contribution < 1.29 is 4.79 Å². The molecule has 0 aliphatic heterocycles. The summed E-state index contributed by atoms with van der Waals surface area (Å²) < 4.78 is 0. The number of amides is 1. The molecule has 0 saturated heterocycles. The Bertz CT molecular complexity index is 407. The highest BCUT2D eigenvalue weighted by atomic mass is 35.5. The standard InChI is InChI=1S/C10H11ClN4O/c1-3-4-12-6-9(16)15-10-13-7(2)5-8(11)14-10/h1,5,12H,4,6H2,2H3,(H,13,14,15,16). The molecule has 6 heteroatoms. The number of hydrogen-bond acceptors (Lipinski definition) is 4. The SMILES string of the molecule is C#CCNCC(=O)Nc1nc(C)cc(Cl)n1. The van der Waals surface area contributed by atoms with Crippen LogP contribution in [-0.2, 0) is 4.79 Å². The summed E-state index contributed by atoms with van der Waals surface area (Å²) in [7, 11) is 0. The lowest BCUT2D eigenvalue weighted by molar-refractivity contribution is -0.115. The number of nitrogens with one attached hydrogen (secondary N) is 2. The molecular formula is C10H11ClN4O. The Morgan fingerprint density at radius 2 is 2.38 bits per heavy atom. The van der Waals surface area contributed by atoms with Crippen LogP contribution < -0.4 is 10.6 Å². The van der Waals surface area contributed by atoms with Crippen LogP contribution in [0.3, 0.4) is 0 Å². The van der Waals surface area contributed by atoms with Crippen molar-refractivity contribution >= 4 is 23.5 Å². The lowest BCUT2D eigenvalue weighted by Gasteiger charge is -2.04. The monoisotopic (exact) mass is 238 g/mol. The fraction of sp³-hybridized carbons (Fsp3) is 0.300. The molecule has 0 saturated carbocycles. The van der Waals surface area contributed by atoms with E-state index in [1.807, 2.05) is 0 Å². The summed E-state index contributed by atoms with van der Waals surface area (Å²) in [4.78, 5) is 19.2. The zero-order valence-electron chi connectivity index (χ0n) is 8.75. The first-order valence-electron chi connectivity index (χ1n) is 4.57. The van der Waals surface area contributed by atoms with E-state index in [-0.39, 0.29) is 18.4 Å². The summed E-state index contributed by atoms with van der Waals surface area (Å²) in [6.07, 6.45) is 5.02. The molecule has 1 rings (SSSR count). The summed E-state index contributed by atoms with van der Waals surface area (Å²) in [5.41, 5.74) is 0.687. The first kappa shape index (κ1) is 12.4. The van der Waals surface area contributed by atoms with Crippen LogP contribution in [0, 0.1) is 19.3 Å². The second-order valence-corrected chi connectivity index (χ2v) is 3.40. The molecule has 0 radical (unpaired) electrons. The van der Waals surface area contributed by atoms with Crippen LogP contribution in [0.25, 0.3) is 0 Å². The normalized spacial score (nSPS) is 9.56. The first-order chi connectivity index (χ1) is 7.61. The molecule has 0 bridgehead atoms. The average molecular weight is 239 g/mol. The summed E-state index contributed by atoms with van der Waals surface area (Å²) in [5, 5.41) is 5.54. The van der Waals surface area contributed by atoms with Gasteiger partial charge in [-0.3, -0.25) is 15.4 Å². The first-order valence-corrected chi connectivity index (χ1v) is 4.95. The molecule has 0 aliphatic carbocycles. The summed E-state index contributed by atoms with van der Waals surface area (Å²) >= 11 is 5.72. The zero-order chi connectivity index (χ0) is 12.0. The van der Waals surface area contributed by atoms with Gasteiger partial charge in [0.1, 0.15) is 5.15 Å². The van der Waals surface area contributed by atoms with Crippen molar-refractivity contribution in [3.63, 3.8) is 0 Å². The van der Waals surface area contributed by atoms with Crippen molar-refractivity contribution in [1.82, 2.24) is 15.3 Å². The smallest absolute Gasteiger partial charge is 0.240 e. The second kappa shape index (κ2) is 6.05. The van der Waals surface area contributed by atoms with E-state index in [2.05, 4.69) is 26.5 Å². The summed E-state index contributed by atoms with van der Waals surface area (Å²) in [6, 6.07) is 1.60. The Morgan fingerprint density at radius 1 is 1.62 bits per heavy atom. The van der Waals surface area contributed by atoms with Gasteiger partial charge >= 0.3 is 0 Å². The van der Waals surface area contributed by atoms with Gasteiger partial charge in [0.2, 0.25) is 11.9 Å². The fourth-order valence-corrected chi connectivity index (χ4v) is 1.24. The molecule has 1 heterocycles. The van der Waals surface area contributed by atoms with E-state index in [9.17, 15) is 4.79 Å². The minimum Gasteiger partial charge on any atom is -0.298 e. The van der Waals surface area contributed by atoms with Crippen molar-refractivity contribution in [3.05, 3.63) is 16.9 Å². The van der Waals surface area contributed by atoms with E-state index in [1.165, 1.54) is 0 Å². The number of aromatic nitrogens is 2. The number of hydrogen-bond donors (Lipinski definition) is 2. The number of terminal acetylenes is 1. The molecule has 1 amide bonds. The minimum atomic E-state index is -0.267. The van der Waals surface area contributed by atoms with Crippen molar-refractivity contribution in [1.29, 1.82) is 0 Å². The lowest BCUT2D eigenvalue weighted by Crippen LogP contribution is -2.28. The maximum atomic E-state index is 11.3. The zero-order valence-corrected chi connectivity index (χ0v) is 9.51. The van der Waals surface area contributed by atoms with Gasteiger partial charge in [-0.05, 0) is 13.0 Å². The second-order valence-electron chi connectivity index (χ2n) is 3.01. The largest absolute Gasteiger partial charge is 0.298 e. The van der Waals surface area contributed by atoms with Crippen LogP contribution in [0.15, 0.2) is 6.07 Å². The number of carbonyl (C=O) groups excluding carboxylic acids is 1. The van der Waals surface area contributed by atoms with E-state index in [4.69, 9.17) is 18.0 Å². The molecule has 1 aromatic heterocycles. The van der Waals surface area contributed by atoms with Gasteiger partial charge in [-0.1, -0.05) is 17.5 Å². The summed E-state index contributed by atoms with van der Waals surface area (Å²) in [5.74, 6) is 2.29. The van der Waals surface area contributed by atoms with Crippen LogP contribution in [0.4, 0.5) is 5.95 Å². The van der Waals surface area contributed by atoms with Gasteiger partial charge in [0.05, 0.1) is 13.1 Å². The maximum Gasteiger partial charge on any atom is 0.240 e. The predicted octanol–water partition coefficient (Wildman–Crippen LogP) is 0.600. The molecule has 1 aromatic rings. The number of anilines is 1. The average Bonchev–Trinajstić information content (AvgIpc) is 2.16. The highest BCUT2D eigenvalue weighted by Gasteiger charge is 2.05. The van der Waals surface area contributed by atoms with Gasteiger partial charge in [0.25, 0.3) is 0 Å². The third-order valence-electron chi connectivity index (χ3n) is 1.59. The van der Waals surface area contributed by atoms with E-state index in [1.54, 1.807) is 13.0 Å². The molecule has 0 spiro atoms. The van der Waals surface area contributed by atoms with Crippen LogP contribution in [0.5, 0.6) is 0 Å². The molecule has 2 N–H and O–H groups in total. The molecule has 0 aromatic carbocycles. The minimum absolute atomic E-state index is 0.110. The Hall–Kier alpha value is -1.64. The van der Waals surface area contributed by atoms with Crippen molar-refractivity contribution in [2.24, 2.45) is 0 Å². The van der Waals surface area contributed by atoms with Crippen LogP contribution in [0.2, 0.25) is 5.15 Å². The highest BCUT2D eigenvalue weighted by molar-refractivity contribution is 6.29. The topological polar surface area (TPSA) is 66.9 Å². The van der Waals surface area contributed by atoms with E-state index in [0.29, 0.717) is 17.4 Å². The van der Waals surface area contributed by atoms with Gasteiger partial charge in [-0.25, -0.2) is 9.97 Å². The molecule has 0 fully saturated rings. The van der Waals surface area contributed by atoms with Crippen LogP contribution in [-0.4, -0.2) is 29.0 Å². The van der Waals surface area contributed by atoms with Gasteiger partial charge in [-0.2, -0.15) is 0 Å². The molecule has 0 aliphatic rings. The predicted molar refractivity (Wildman–Crippen MR) is 62.1 cm³/mol. The molecule has 0 unspecified atom stereocenters. The quantitative estimate of drug-likeness (QED) is 0.458. The fourth-order valence-electron chi connectivity index (χ4n) is 1.00. The molecule has 84 valence electrons. The number of halogens is 1. The number of aryl methyl sites for hydroxylation is 1. The Morgan fingerprint density at radius 3 is 3.00 bits per heavy atom. The van der Waals surface area contributed by atoms with Gasteiger partial charge in [0, 0.05) is 5.69 Å². The Kier molecular flexibility index (Phi) is 4.70. The number of carbonyl (C=O) groups is 1. The Balaban J connectivity index is 2.53. The van der Waals surface area contributed by atoms with Crippen molar-refractivity contribution in [3.8, 4) is 12.3 Å². The molecule has 16 heavy (non-hydrogen) atoms. The van der Waals surface area contributed by atoms with E-state index in [0.717, 1.165) is 0 Å².